The highest BCUT2D eigenvalue weighted by molar-refractivity contribution is 5.99. The first-order chi connectivity index (χ1) is 9.38. The summed E-state index contributed by atoms with van der Waals surface area (Å²) in [6.07, 6.45) is 0.682. The number of amides is 2. The largest absolute Gasteiger partial charge is 0.480 e. The minimum Gasteiger partial charge on any atom is -0.480 e. The van der Waals surface area contributed by atoms with Crippen LogP contribution in [0, 0.1) is 5.82 Å². The molecule has 20 heavy (non-hydrogen) atoms. The number of hydrogen-bond donors (Lipinski definition) is 3. The normalized spacial score (nSPS) is 15.0. The number of halogens is 1. The van der Waals surface area contributed by atoms with Gasteiger partial charge in [-0.25, -0.2) is 4.39 Å². The van der Waals surface area contributed by atoms with E-state index in [1.807, 2.05) is 0 Å². The maximum atomic E-state index is 13.8. The van der Waals surface area contributed by atoms with Crippen LogP contribution in [0.1, 0.15) is 29.3 Å². The summed E-state index contributed by atoms with van der Waals surface area (Å²) in [7, 11) is 0. The van der Waals surface area contributed by atoms with E-state index in [9.17, 15) is 18.8 Å². The van der Waals surface area contributed by atoms with E-state index >= 15 is 0 Å². The number of aryl methyl sites for hydroxylation is 1. The molecule has 1 aliphatic heterocycles. The zero-order valence-corrected chi connectivity index (χ0v) is 10.7. The van der Waals surface area contributed by atoms with Crippen LogP contribution in [-0.2, 0) is 16.0 Å². The molecule has 106 valence electrons. The molecule has 2 rings (SSSR count). The van der Waals surface area contributed by atoms with Crippen molar-refractivity contribution >= 4 is 23.5 Å². The lowest BCUT2D eigenvalue weighted by atomic mass is 9.99. The molecule has 0 radical (unpaired) electrons. The van der Waals surface area contributed by atoms with E-state index in [1.54, 1.807) is 0 Å². The monoisotopic (exact) mass is 280 g/mol. The molecule has 0 saturated carbocycles. The number of carbonyl (C=O) groups is 3. The minimum atomic E-state index is -1.20. The average Bonchev–Trinajstić information content (AvgIpc) is 2.37. The number of carbonyl (C=O) groups excluding carboxylic acids is 2. The van der Waals surface area contributed by atoms with E-state index in [-0.39, 0.29) is 17.9 Å². The second-order valence-electron chi connectivity index (χ2n) is 4.57. The zero-order chi connectivity index (χ0) is 14.9. The Hall–Kier alpha value is -2.44. The van der Waals surface area contributed by atoms with Crippen LogP contribution in [0.15, 0.2) is 12.1 Å². The van der Waals surface area contributed by atoms with Crippen LogP contribution >= 0.6 is 0 Å². The van der Waals surface area contributed by atoms with E-state index in [0.717, 1.165) is 6.07 Å². The number of anilines is 1. The molecule has 0 fully saturated rings. The highest BCUT2D eigenvalue weighted by atomic mass is 19.1. The van der Waals surface area contributed by atoms with Gasteiger partial charge in [-0.3, -0.25) is 14.4 Å². The SMILES string of the molecule is C[C@H](NC(=O)c1cc2c(cc1F)NC(=O)CC2)C(=O)O. The van der Waals surface area contributed by atoms with Crippen molar-refractivity contribution in [2.75, 3.05) is 5.32 Å². The Morgan fingerprint density at radius 2 is 2.10 bits per heavy atom. The number of hydrogen-bond acceptors (Lipinski definition) is 3. The molecule has 1 heterocycles. The summed E-state index contributed by atoms with van der Waals surface area (Å²) in [5.74, 6) is -3.00. The first-order valence-corrected chi connectivity index (χ1v) is 6.04. The molecule has 1 aromatic rings. The van der Waals surface area contributed by atoms with Gasteiger partial charge in [-0.1, -0.05) is 0 Å². The topological polar surface area (TPSA) is 95.5 Å². The van der Waals surface area contributed by atoms with Crippen molar-refractivity contribution in [3.8, 4) is 0 Å². The van der Waals surface area contributed by atoms with Crippen molar-refractivity contribution < 1.29 is 23.9 Å². The van der Waals surface area contributed by atoms with E-state index in [4.69, 9.17) is 5.11 Å². The van der Waals surface area contributed by atoms with Gasteiger partial charge in [0, 0.05) is 12.1 Å². The molecule has 7 heteroatoms. The molecule has 3 N–H and O–H groups in total. The Labute approximate surface area is 114 Å². The molecule has 0 spiro atoms. The molecule has 1 atom stereocenters. The average molecular weight is 280 g/mol. The van der Waals surface area contributed by atoms with Crippen molar-refractivity contribution in [3.63, 3.8) is 0 Å². The maximum absolute atomic E-state index is 13.8. The van der Waals surface area contributed by atoms with Crippen LogP contribution in [0.2, 0.25) is 0 Å². The lowest BCUT2D eigenvalue weighted by Crippen LogP contribution is -2.38. The van der Waals surface area contributed by atoms with Gasteiger partial charge in [-0.2, -0.15) is 0 Å². The molecule has 1 aromatic carbocycles. The van der Waals surface area contributed by atoms with E-state index in [1.165, 1.54) is 13.0 Å². The Morgan fingerprint density at radius 1 is 1.40 bits per heavy atom. The lowest BCUT2D eigenvalue weighted by Gasteiger charge is -2.18. The Morgan fingerprint density at radius 3 is 2.75 bits per heavy atom. The second kappa shape index (κ2) is 5.28. The molecular weight excluding hydrogens is 267 g/mol. The van der Waals surface area contributed by atoms with E-state index < -0.39 is 23.7 Å². The third-order valence-corrected chi connectivity index (χ3v) is 3.05. The predicted octanol–water partition coefficient (Wildman–Crippen LogP) is 0.913. The Kier molecular flexibility index (Phi) is 3.69. The standard InChI is InChI=1S/C13H13FN2O4/c1-6(13(19)20)15-12(18)8-4-7-2-3-11(17)16-10(7)5-9(8)14/h4-6H,2-3H2,1H3,(H,15,18)(H,16,17)(H,19,20)/t6-/m0/s1. The molecule has 1 aliphatic rings. The summed E-state index contributed by atoms with van der Waals surface area (Å²) < 4.78 is 13.8. The predicted molar refractivity (Wildman–Crippen MR) is 67.9 cm³/mol. The van der Waals surface area contributed by atoms with Crippen LogP contribution < -0.4 is 10.6 Å². The lowest BCUT2D eigenvalue weighted by molar-refractivity contribution is -0.138. The number of carboxylic acids is 1. The second-order valence-corrected chi connectivity index (χ2v) is 4.57. The van der Waals surface area contributed by atoms with Crippen molar-refractivity contribution in [1.82, 2.24) is 5.32 Å². The van der Waals surface area contributed by atoms with Crippen LogP contribution in [0.5, 0.6) is 0 Å². The van der Waals surface area contributed by atoms with Gasteiger partial charge in [0.05, 0.1) is 5.56 Å². The first kappa shape index (κ1) is 14.0. The van der Waals surface area contributed by atoms with Gasteiger partial charge in [0.25, 0.3) is 5.91 Å². The summed E-state index contributed by atoms with van der Waals surface area (Å²) in [6.45, 7) is 1.29. The van der Waals surface area contributed by atoms with Gasteiger partial charge in [-0.15, -0.1) is 0 Å². The number of nitrogens with one attached hydrogen (secondary N) is 2. The molecule has 0 aliphatic carbocycles. The summed E-state index contributed by atoms with van der Waals surface area (Å²) in [5, 5.41) is 13.4. The van der Waals surface area contributed by atoms with Crippen molar-refractivity contribution in [3.05, 3.63) is 29.1 Å². The zero-order valence-electron chi connectivity index (χ0n) is 10.7. The van der Waals surface area contributed by atoms with Crippen LogP contribution in [0.4, 0.5) is 10.1 Å². The number of rotatable bonds is 3. The van der Waals surface area contributed by atoms with Gasteiger partial charge in [0.2, 0.25) is 5.91 Å². The molecule has 6 nitrogen and oxygen atoms in total. The number of fused-ring (bicyclic) bond motifs is 1. The summed E-state index contributed by atoms with van der Waals surface area (Å²) in [4.78, 5) is 33.7. The summed E-state index contributed by atoms with van der Waals surface area (Å²) in [6, 6.07) is 1.30. The van der Waals surface area contributed by atoms with Gasteiger partial charge in [0.1, 0.15) is 11.9 Å². The molecule has 0 saturated heterocycles. The molecule has 0 unspecified atom stereocenters. The number of benzene rings is 1. The molecular formula is C13H13FN2O4. The fourth-order valence-corrected chi connectivity index (χ4v) is 1.91. The maximum Gasteiger partial charge on any atom is 0.325 e. The van der Waals surface area contributed by atoms with E-state index in [2.05, 4.69) is 10.6 Å². The Bertz CT molecular complexity index is 600. The quantitative estimate of drug-likeness (QED) is 0.767. The molecule has 0 aromatic heterocycles. The van der Waals surface area contributed by atoms with Crippen molar-refractivity contribution in [1.29, 1.82) is 0 Å². The number of aliphatic carboxylic acids is 1. The Balaban J connectivity index is 2.27. The van der Waals surface area contributed by atoms with Crippen molar-refractivity contribution in [2.45, 2.75) is 25.8 Å². The van der Waals surface area contributed by atoms with Crippen LogP contribution in [0.25, 0.3) is 0 Å². The smallest absolute Gasteiger partial charge is 0.325 e. The van der Waals surface area contributed by atoms with Gasteiger partial charge < -0.3 is 15.7 Å². The number of carboxylic acid groups (broad SMARTS) is 1. The summed E-state index contributed by atoms with van der Waals surface area (Å²) >= 11 is 0. The van der Waals surface area contributed by atoms with Gasteiger partial charge >= 0.3 is 5.97 Å². The fourth-order valence-electron chi connectivity index (χ4n) is 1.91. The van der Waals surface area contributed by atoms with Crippen LogP contribution in [0.3, 0.4) is 0 Å². The minimum absolute atomic E-state index is 0.200. The fraction of sp³-hybridized carbons (Fsp3) is 0.308. The molecule has 2 amide bonds. The van der Waals surface area contributed by atoms with E-state index in [0.29, 0.717) is 17.7 Å². The third-order valence-electron chi connectivity index (χ3n) is 3.05. The summed E-state index contributed by atoms with van der Waals surface area (Å²) in [5.41, 5.74) is 0.772. The highest BCUT2D eigenvalue weighted by Crippen LogP contribution is 2.25. The van der Waals surface area contributed by atoms with Crippen molar-refractivity contribution in [2.24, 2.45) is 0 Å². The first-order valence-electron chi connectivity index (χ1n) is 6.04. The molecule has 0 bridgehead atoms. The van der Waals surface area contributed by atoms with Gasteiger partial charge in [0.15, 0.2) is 0 Å². The van der Waals surface area contributed by atoms with Crippen LogP contribution in [-0.4, -0.2) is 28.9 Å². The van der Waals surface area contributed by atoms with Gasteiger partial charge in [-0.05, 0) is 31.0 Å². The highest BCUT2D eigenvalue weighted by Gasteiger charge is 2.22. The third kappa shape index (κ3) is 2.76.